The predicted octanol–water partition coefficient (Wildman–Crippen LogP) is 7.87. The first-order valence-corrected chi connectivity index (χ1v) is 13.5. The maximum Gasteiger partial charge on any atom is 0.305 e. The molecule has 1 atom stereocenters. The third-order valence-electron chi connectivity index (χ3n) is 5.95. The lowest BCUT2D eigenvalue weighted by molar-refractivity contribution is -0.145. The summed E-state index contributed by atoms with van der Waals surface area (Å²) in [6.45, 7) is 9.39. The van der Waals surface area contributed by atoms with E-state index in [2.05, 4.69) is 20.8 Å². The number of ether oxygens (including phenoxy) is 3. The fourth-order valence-corrected chi connectivity index (χ4v) is 3.55. The van der Waals surface area contributed by atoms with Crippen LogP contribution >= 0.6 is 0 Å². The molecule has 0 aromatic carbocycles. The van der Waals surface area contributed by atoms with Gasteiger partial charge in [0.2, 0.25) is 0 Å². The number of esters is 1. The van der Waals surface area contributed by atoms with Gasteiger partial charge in [-0.05, 0) is 12.3 Å². The quantitative estimate of drug-likeness (QED) is 0.107. The molecule has 0 spiro atoms. The number of hydrogen-bond donors (Lipinski definition) is 0. The Morgan fingerprint density at radius 3 is 1.58 bits per heavy atom. The Hall–Kier alpha value is -0.610. The van der Waals surface area contributed by atoms with Crippen LogP contribution in [0.25, 0.3) is 0 Å². The topological polar surface area (TPSA) is 44.8 Å². The standard InChI is InChI=1S/C27H54O4/c1-4-6-7-8-9-10-11-12-13-14-15-16-17-18-19-20-27(28)31-24-23-29-21-22-30-25-26(3)5-2/h26H,4-25H2,1-3H3. The van der Waals surface area contributed by atoms with Crippen LogP contribution in [0.2, 0.25) is 0 Å². The van der Waals surface area contributed by atoms with Crippen LogP contribution in [0.4, 0.5) is 0 Å². The number of rotatable bonds is 25. The van der Waals surface area contributed by atoms with E-state index in [0.29, 0.717) is 38.8 Å². The van der Waals surface area contributed by atoms with Crippen LogP contribution in [-0.2, 0) is 19.0 Å². The van der Waals surface area contributed by atoms with Gasteiger partial charge in [0.1, 0.15) is 6.61 Å². The summed E-state index contributed by atoms with van der Waals surface area (Å²) < 4.78 is 16.2. The lowest BCUT2D eigenvalue weighted by Crippen LogP contribution is -2.14. The van der Waals surface area contributed by atoms with E-state index < -0.39 is 0 Å². The van der Waals surface area contributed by atoms with Crippen molar-refractivity contribution in [3.8, 4) is 0 Å². The van der Waals surface area contributed by atoms with E-state index in [1.807, 2.05) is 0 Å². The van der Waals surface area contributed by atoms with Gasteiger partial charge in [-0.1, -0.05) is 117 Å². The molecule has 4 nitrogen and oxygen atoms in total. The Bertz CT molecular complexity index is 359. The van der Waals surface area contributed by atoms with E-state index in [0.717, 1.165) is 25.9 Å². The summed E-state index contributed by atoms with van der Waals surface area (Å²) in [5.41, 5.74) is 0. The Labute approximate surface area is 194 Å². The van der Waals surface area contributed by atoms with Crippen molar-refractivity contribution in [3.05, 3.63) is 0 Å². The van der Waals surface area contributed by atoms with Crippen molar-refractivity contribution >= 4 is 5.97 Å². The summed E-state index contributed by atoms with van der Waals surface area (Å²) in [5, 5.41) is 0. The molecular formula is C27H54O4. The lowest BCUT2D eigenvalue weighted by Gasteiger charge is -2.10. The van der Waals surface area contributed by atoms with Gasteiger partial charge in [0, 0.05) is 13.0 Å². The number of unbranched alkanes of at least 4 members (excludes halogenated alkanes) is 14. The van der Waals surface area contributed by atoms with Crippen LogP contribution < -0.4 is 0 Å². The Morgan fingerprint density at radius 1 is 0.613 bits per heavy atom. The zero-order valence-corrected chi connectivity index (χ0v) is 21.3. The van der Waals surface area contributed by atoms with Crippen molar-refractivity contribution in [3.63, 3.8) is 0 Å². The maximum absolute atomic E-state index is 11.7. The van der Waals surface area contributed by atoms with Gasteiger partial charge in [-0.15, -0.1) is 0 Å². The van der Waals surface area contributed by atoms with Gasteiger partial charge < -0.3 is 14.2 Å². The van der Waals surface area contributed by atoms with Gasteiger partial charge in [-0.25, -0.2) is 0 Å². The van der Waals surface area contributed by atoms with E-state index in [4.69, 9.17) is 14.2 Å². The molecule has 0 fully saturated rings. The number of carbonyl (C=O) groups excluding carboxylic acids is 1. The molecule has 4 heteroatoms. The van der Waals surface area contributed by atoms with Crippen molar-refractivity contribution < 1.29 is 19.0 Å². The second kappa shape index (κ2) is 25.6. The van der Waals surface area contributed by atoms with Gasteiger partial charge in [0.05, 0.1) is 19.8 Å². The molecule has 31 heavy (non-hydrogen) atoms. The van der Waals surface area contributed by atoms with Crippen molar-refractivity contribution in [2.45, 2.75) is 130 Å². The second-order valence-corrected chi connectivity index (χ2v) is 9.12. The molecule has 186 valence electrons. The van der Waals surface area contributed by atoms with E-state index in [1.165, 1.54) is 83.5 Å². The first-order valence-electron chi connectivity index (χ1n) is 13.5. The Balaban J connectivity index is 3.16. The largest absolute Gasteiger partial charge is 0.463 e. The van der Waals surface area contributed by atoms with E-state index in [1.54, 1.807) is 0 Å². The molecule has 0 saturated heterocycles. The average Bonchev–Trinajstić information content (AvgIpc) is 2.77. The van der Waals surface area contributed by atoms with Crippen LogP contribution in [-0.4, -0.2) is 39.0 Å². The van der Waals surface area contributed by atoms with Crippen LogP contribution in [0, 0.1) is 5.92 Å². The molecule has 0 heterocycles. The van der Waals surface area contributed by atoms with E-state index >= 15 is 0 Å². The molecule has 0 aromatic heterocycles. The van der Waals surface area contributed by atoms with Crippen molar-refractivity contribution in [1.82, 2.24) is 0 Å². The summed E-state index contributed by atoms with van der Waals surface area (Å²) in [6.07, 6.45) is 21.7. The molecule has 0 radical (unpaired) electrons. The molecular weight excluding hydrogens is 388 g/mol. The second-order valence-electron chi connectivity index (χ2n) is 9.12. The van der Waals surface area contributed by atoms with Crippen molar-refractivity contribution in [2.75, 3.05) is 33.0 Å². The van der Waals surface area contributed by atoms with Gasteiger partial charge in [-0.2, -0.15) is 0 Å². The van der Waals surface area contributed by atoms with Crippen LogP contribution in [0.15, 0.2) is 0 Å². The summed E-state index contributed by atoms with van der Waals surface area (Å²) in [6, 6.07) is 0. The van der Waals surface area contributed by atoms with Gasteiger partial charge in [-0.3, -0.25) is 4.79 Å². The molecule has 0 rings (SSSR count). The van der Waals surface area contributed by atoms with E-state index in [-0.39, 0.29) is 5.97 Å². The predicted molar refractivity (Wildman–Crippen MR) is 132 cm³/mol. The Kier molecular flexibility index (Phi) is 25.1. The summed E-state index contributed by atoms with van der Waals surface area (Å²) in [4.78, 5) is 11.7. The molecule has 0 amide bonds. The highest BCUT2D eigenvalue weighted by molar-refractivity contribution is 5.69. The Morgan fingerprint density at radius 2 is 1.06 bits per heavy atom. The fraction of sp³-hybridized carbons (Fsp3) is 0.963. The van der Waals surface area contributed by atoms with Crippen LogP contribution in [0.3, 0.4) is 0 Å². The SMILES string of the molecule is CCCCCCCCCCCCCCCCCC(=O)OCCOCCOCC(C)CC. The molecule has 0 bridgehead atoms. The van der Waals surface area contributed by atoms with Crippen LogP contribution in [0.1, 0.15) is 130 Å². The molecule has 0 N–H and O–H groups in total. The smallest absolute Gasteiger partial charge is 0.305 e. The summed E-state index contributed by atoms with van der Waals surface area (Å²) in [5.74, 6) is 0.506. The van der Waals surface area contributed by atoms with Crippen molar-refractivity contribution in [2.24, 2.45) is 5.92 Å². The van der Waals surface area contributed by atoms with Crippen molar-refractivity contribution in [1.29, 1.82) is 0 Å². The molecule has 1 unspecified atom stereocenters. The highest BCUT2D eigenvalue weighted by Crippen LogP contribution is 2.13. The van der Waals surface area contributed by atoms with Gasteiger partial charge >= 0.3 is 5.97 Å². The molecule has 0 aromatic rings. The van der Waals surface area contributed by atoms with E-state index in [9.17, 15) is 4.79 Å². The minimum atomic E-state index is -0.0914. The minimum Gasteiger partial charge on any atom is -0.463 e. The maximum atomic E-state index is 11.7. The third-order valence-corrected chi connectivity index (χ3v) is 5.95. The first-order chi connectivity index (χ1) is 15.2. The third kappa shape index (κ3) is 25.5. The molecule has 0 aliphatic rings. The summed E-state index contributed by atoms with van der Waals surface area (Å²) >= 11 is 0. The molecule has 0 aliphatic carbocycles. The summed E-state index contributed by atoms with van der Waals surface area (Å²) in [7, 11) is 0. The zero-order valence-electron chi connectivity index (χ0n) is 21.3. The molecule has 0 aliphatic heterocycles. The lowest BCUT2D eigenvalue weighted by atomic mass is 10.0. The highest BCUT2D eigenvalue weighted by atomic mass is 16.6. The number of carbonyl (C=O) groups is 1. The average molecular weight is 443 g/mol. The monoisotopic (exact) mass is 442 g/mol. The number of hydrogen-bond acceptors (Lipinski definition) is 4. The molecule has 0 saturated carbocycles. The zero-order chi connectivity index (χ0) is 22.8. The van der Waals surface area contributed by atoms with Gasteiger partial charge in [0.15, 0.2) is 0 Å². The normalized spacial score (nSPS) is 12.2. The minimum absolute atomic E-state index is 0.0914. The highest BCUT2D eigenvalue weighted by Gasteiger charge is 2.03. The van der Waals surface area contributed by atoms with Gasteiger partial charge in [0.25, 0.3) is 0 Å². The van der Waals surface area contributed by atoms with Crippen LogP contribution in [0.5, 0.6) is 0 Å². The fourth-order valence-electron chi connectivity index (χ4n) is 3.55. The first kappa shape index (κ1) is 30.4.